The fourth-order valence-electron chi connectivity index (χ4n) is 5.96. The summed E-state index contributed by atoms with van der Waals surface area (Å²) in [6, 6.07) is -0.910. The van der Waals surface area contributed by atoms with Gasteiger partial charge >= 0.3 is 0 Å². The van der Waals surface area contributed by atoms with Crippen molar-refractivity contribution < 1.29 is 32.9 Å². The maximum atomic E-state index is 12.8. The monoisotopic (exact) mass is 831 g/mol. The van der Waals surface area contributed by atoms with Crippen molar-refractivity contribution in [2.24, 2.45) is 0 Å². The summed E-state index contributed by atoms with van der Waals surface area (Å²) in [5, 5.41) is 13.7. The molecule has 0 aromatic rings. The van der Waals surface area contributed by atoms with E-state index in [2.05, 4.69) is 92.1 Å². The summed E-state index contributed by atoms with van der Waals surface area (Å²) in [5.74, 6) is -0.220. The third-order valence-corrected chi connectivity index (χ3v) is 10.6. The highest BCUT2D eigenvalue weighted by atomic mass is 31.2. The molecule has 0 saturated heterocycles. The van der Waals surface area contributed by atoms with Gasteiger partial charge in [-0.15, -0.1) is 0 Å². The van der Waals surface area contributed by atoms with Crippen molar-refractivity contribution >= 4 is 13.7 Å². The first kappa shape index (κ1) is 55.7. The normalized spacial score (nSPS) is 15.1. The standard InChI is InChI=1S/C49H87N2O6P/c1-6-8-10-12-14-16-18-19-20-21-22-23-24-25-26-27-28-29-30-31-33-35-37-39-41-43-49(53)50-47(46-57-58(54,55)56-45-44-51(3,4)5)48(52)42-40-38-36-34-32-17-15-13-11-9-7-2/h8,10,14,16,19-20,22-23,25-26,32,34,40,42,47-48,52H,6-7,9,11-13,15,17-18,21,24,27-31,33,35-39,41,43-46H2,1-5H3,(H-,50,53,54,55)/b10-8-,16-14-,20-19-,23-22-,26-25-,34-32+,42-40+. The van der Waals surface area contributed by atoms with Gasteiger partial charge in [0.25, 0.3) is 7.82 Å². The van der Waals surface area contributed by atoms with Gasteiger partial charge in [-0.1, -0.05) is 170 Å². The first-order chi connectivity index (χ1) is 28.0. The van der Waals surface area contributed by atoms with Crippen LogP contribution in [0.1, 0.15) is 168 Å². The van der Waals surface area contributed by atoms with Crippen LogP contribution in [0.25, 0.3) is 0 Å². The molecule has 8 nitrogen and oxygen atoms in total. The Bertz CT molecular complexity index is 1220. The molecule has 334 valence electrons. The molecule has 9 heteroatoms. The molecule has 0 aromatic carbocycles. The largest absolute Gasteiger partial charge is 0.756 e. The molecule has 0 aliphatic heterocycles. The smallest absolute Gasteiger partial charge is 0.268 e. The van der Waals surface area contributed by atoms with Crippen LogP contribution < -0.4 is 10.2 Å². The Labute approximate surface area is 356 Å². The molecular weight excluding hydrogens is 744 g/mol. The third kappa shape index (κ3) is 41.8. The summed E-state index contributed by atoms with van der Waals surface area (Å²) in [5.41, 5.74) is 0. The highest BCUT2D eigenvalue weighted by molar-refractivity contribution is 7.45. The number of amides is 1. The van der Waals surface area contributed by atoms with Crippen molar-refractivity contribution in [3.8, 4) is 0 Å². The first-order valence-electron chi connectivity index (χ1n) is 22.9. The summed E-state index contributed by atoms with van der Waals surface area (Å²) in [7, 11) is 1.22. The van der Waals surface area contributed by atoms with E-state index >= 15 is 0 Å². The van der Waals surface area contributed by atoms with Crippen LogP contribution in [-0.2, 0) is 18.4 Å². The lowest BCUT2D eigenvalue weighted by molar-refractivity contribution is -0.870. The lowest BCUT2D eigenvalue weighted by Crippen LogP contribution is -2.45. The number of rotatable bonds is 40. The molecule has 0 aliphatic rings. The van der Waals surface area contributed by atoms with Crippen molar-refractivity contribution in [2.75, 3.05) is 40.9 Å². The van der Waals surface area contributed by atoms with Gasteiger partial charge in [-0.25, -0.2) is 0 Å². The molecule has 3 unspecified atom stereocenters. The van der Waals surface area contributed by atoms with E-state index in [1.165, 1.54) is 64.2 Å². The minimum absolute atomic E-state index is 0.0121. The summed E-state index contributed by atoms with van der Waals surface area (Å²) < 4.78 is 23.1. The van der Waals surface area contributed by atoms with Crippen LogP contribution in [0, 0.1) is 0 Å². The minimum Gasteiger partial charge on any atom is -0.756 e. The molecule has 0 saturated carbocycles. The fraction of sp³-hybridized carbons (Fsp3) is 0.694. The molecule has 3 atom stereocenters. The number of nitrogens with zero attached hydrogens (tertiary/aromatic N) is 1. The van der Waals surface area contributed by atoms with E-state index < -0.39 is 26.6 Å². The Morgan fingerprint density at radius 3 is 1.60 bits per heavy atom. The van der Waals surface area contributed by atoms with Crippen LogP contribution in [0.3, 0.4) is 0 Å². The van der Waals surface area contributed by atoms with Crippen LogP contribution in [0.5, 0.6) is 0 Å². The van der Waals surface area contributed by atoms with Crippen LogP contribution in [-0.4, -0.2) is 68.5 Å². The highest BCUT2D eigenvalue weighted by Crippen LogP contribution is 2.38. The first-order valence-corrected chi connectivity index (χ1v) is 24.4. The third-order valence-electron chi connectivity index (χ3n) is 9.59. The van der Waals surface area contributed by atoms with Gasteiger partial charge in [0.05, 0.1) is 39.9 Å². The molecule has 2 N–H and O–H groups in total. The predicted octanol–water partition coefficient (Wildman–Crippen LogP) is 12.3. The molecule has 0 radical (unpaired) electrons. The second-order valence-corrected chi connectivity index (χ2v) is 17.8. The van der Waals surface area contributed by atoms with Crippen molar-refractivity contribution in [1.29, 1.82) is 0 Å². The molecule has 0 spiro atoms. The number of likely N-dealkylation sites (N-methyl/N-ethyl adjacent to an activating group) is 1. The van der Waals surface area contributed by atoms with E-state index in [4.69, 9.17) is 9.05 Å². The summed E-state index contributed by atoms with van der Waals surface area (Å²) in [6.45, 7) is 4.45. The number of hydrogen-bond acceptors (Lipinski definition) is 6. The zero-order chi connectivity index (χ0) is 42.8. The van der Waals surface area contributed by atoms with Crippen LogP contribution in [0.4, 0.5) is 0 Å². The van der Waals surface area contributed by atoms with Gasteiger partial charge in [0.2, 0.25) is 5.91 Å². The van der Waals surface area contributed by atoms with Gasteiger partial charge in [0.1, 0.15) is 13.2 Å². The quantitative estimate of drug-likeness (QED) is 0.0276. The molecule has 0 aromatic heterocycles. The van der Waals surface area contributed by atoms with E-state index in [-0.39, 0.29) is 12.5 Å². The molecular formula is C49H87N2O6P. The number of phosphoric acid groups is 1. The van der Waals surface area contributed by atoms with Gasteiger partial charge in [-0.05, 0) is 77.0 Å². The van der Waals surface area contributed by atoms with Crippen molar-refractivity contribution in [3.63, 3.8) is 0 Å². The van der Waals surface area contributed by atoms with E-state index in [1.807, 2.05) is 27.2 Å². The van der Waals surface area contributed by atoms with Gasteiger partial charge in [0.15, 0.2) is 0 Å². The predicted molar refractivity (Wildman–Crippen MR) is 246 cm³/mol. The Kier molecular flexibility index (Phi) is 38.5. The molecule has 58 heavy (non-hydrogen) atoms. The number of nitrogens with one attached hydrogen (secondary N) is 1. The number of aliphatic hydroxyl groups is 1. The fourth-order valence-corrected chi connectivity index (χ4v) is 6.68. The zero-order valence-corrected chi connectivity index (χ0v) is 38.6. The number of carbonyl (C=O) groups is 1. The topological polar surface area (TPSA) is 108 Å². The lowest BCUT2D eigenvalue weighted by atomic mass is 10.1. The molecule has 0 heterocycles. The number of aliphatic hydroxyl groups excluding tert-OH is 1. The maximum absolute atomic E-state index is 12.8. The second-order valence-electron chi connectivity index (χ2n) is 16.4. The Balaban J connectivity index is 4.32. The summed E-state index contributed by atoms with van der Waals surface area (Å²) in [4.78, 5) is 25.3. The SMILES string of the molecule is CC/C=C\C/C=C\C/C=C\C/C=C\C/C=C\CCCCCCCCCCCC(=O)NC(COP(=O)([O-])OCC[N+](C)(C)C)C(O)/C=C/CC/C=C/CCCCCCC. The average Bonchev–Trinajstić information content (AvgIpc) is 3.17. The number of unbranched alkanes of at least 4 members (excludes halogenated alkanes) is 15. The Hall–Kier alpha value is -2.32. The lowest BCUT2D eigenvalue weighted by Gasteiger charge is -2.29. The number of phosphoric ester groups is 1. The molecule has 0 fully saturated rings. The maximum Gasteiger partial charge on any atom is 0.268 e. The molecule has 1 amide bonds. The molecule has 0 aliphatic carbocycles. The molecule has 0 bridgehead atoms. The minimum atomic E-state index is -4.60. The van der Waals surface area contributed by atoms with E-state index in [1.54, 1.807) is 6.08 Å². The van der Waals surface area contributed by atoms with Crippen LogP contribution >= 0.6 is 7.82 Å². The zero-order valence-electron chi connectivity index (χ0n) is 37.7. The number of carbonyl (C=O) groups excluding carboxylic acids is 1. The van der Waals surface area contributed by atoms with Crippen molar-refractivity contribution in [2.45, 2.75) is 180 Å². The van der Waals surface area contributed by atoms with E-state index in [0.29, 0.717) is 17.4 Å². The summed E-state index contributed by atoms with van der Waals surface area (Å²) >= 11 is 0. The number of allylic oxidation sites excluding steroid dienone is 13. The average molecular weight is 831 g/mol. The highest BCUT2D eigenvalue weighted by Gasteiger charge is 2.23. The Morgan fingerprint density at radius 2 is 1.07 bits per heavy atom. The Morgan fingerprint density at radius 1 is 0.621 bits per heavy atom. The van der Waals surface area contributed by atoms with E-state index in [0.717, 1.165) is 83.5 Å². The van der Waals surface area contributed by atoms with Gasteiger partial charge in [-0.3, -0.25) is 9.36 Å². The van der Waals surface area contributed by atoms with E-state index in [9.17, 15) is 19.4 Å². The number of hydrogen-bond donors (Lipinski definition) is 2. The van der Waals surface area contributed by atoms with Crippen molar-refractivity contribution in [1.82, 2.24) is 5.32 Å². The van der Waals surface area contributed by atoms with Gasteiger partial charge in [-0.2, -0.15) is 0 Å². The van der Waals surface area contributed by atoms with Crippen LogP contribution in [0.2, 0.25) is 0 Å². The number of quaternary nitrogens is 1. The van der Waals surface area contributed by atoms with Gasteiger partial charge in [0, 0.05) is 6.42 Å². The van der Waals surface area contributed by atoms with Crippen molar-refractivity contribution in [3.05, 3.63) is 85.1 Å². The van der Waals surface area contributed by atoms with Gasteiger partial charge < -0.3 is 28.8 Å². The summed E-state index contributed by atoms with van der Waals surface area (Å²) in [6.07, 6.45) is 55.0. The second kappa shape index (κ2) is 40.1. The van der Waals surface area contributed by atoms with Crippen LogP contribution in [0.15, 0.2) is 85.1 Å². The molecule has 0 rings (SSSR count).